The van der Waals surface area contributed by atoms with Crippen LogP contribution >= 0.6 is 11.6 Å². The van der Waals surface area contributed by atoms with Gasteiger partial charge in [-0.25, -0.2) is 0 Å². The van der Waals surface area contributed by atoms with E-state index in [1.807, 2.05) is 24.3 Å². The molecule has 20 heavy (non-hydrogen) atoms. The Kier molecular flexibility index (Phi) is 5.04. The van der Waals surface area contributed by atoms with Gasteiger partial charge in [0.05, 0.1) is 24.0 Å². The molecule has 1 atom stereocenters. The zero-order chi connectivity index (χ0) is 14.5. The first-order valence-electron chi connectivity index (χ1n) is 6.68. The second-order valence-electron chi connectivity index (χ2n) is 4.67. The highest BCUT2D eigenvalue weighted by atomic mass is 35.5. The summed E-state index contributed by atoms with van der Waals surface area (Å²) in [4.78, 5) is 0. The summed E-state index contributed by atoms with van der Waals surface area (Å²) < 4.78 is 6.89. The van der Waals surface area contributed by atoms with Gasteiger partial charge >= 0.3 is 0 Å². The van der Waals surface area contributed by atoms with Crippen molar-refractivity contribution in [2.45, 2.75) is 32.4 Å². The van der Waals surface area contributed by atoms with Crippen LogP contribution in [0.25, 0.3) is 0 Å². The van der Waals surface area contributed by atoms with Crippen LogP contribution in [0.4, 0.5) is 0 Å². The Bertz CT molecular complexity index is 552. The number of aliphatic hydroxyl groups excluding tert-OH is 1. The predicted octanol–water partition coefficient (Wildman–Crippen LogP) is 3.23. The SMILES string of the molecule is CCCn1ncc(Cl)c1C(O)Cc1ccc(OC)cc1. The number of aromatic nitrogens is 2. The van der Waals surface area contributed by atoms with E-state index in [0.29, 0.717) is 17.1 Å². The number of hydrogen-bond acceptors (Lipinski definition) is 3. The van der Waals surface area contributed by atoms with Crippen LogP contribution in [0.15, 0.2) is 30.5 Å². The van der Waals surface area contributed by atoms with Crippen molar-refractivity contribution in [3.05, 3.63) is 46.7 Å². The van der Waals surface area contributed by atoms with Crippen LogP contribution in [0.2, 0.25) is 5.02 Å². The Hall–Kier alpha value is -1.52. The molecule has 0 aliphatic heterocycles. The van der Waals surface area contributed by atoms with E-state index >= 15 is 0 Å². The van der Waals surface area contributed by atoms with Crippen molar-refractivity contribution in [3.63, 3.8) is 0 Å². The second kappa shape index (κ2) is 6.77. The average Bonchev–Trinajstić information content (AvgIpc) is 2.81. The molecule has 0 saturated carbocycles. The third-order valence-electron chi connectivity index (χ3n) is 3.17. The van der Waals surface area contributed by atoms with E-state index in [2.05, 4.69) is 12.0 Å². The Labute approximate surface area is 123 Å². The van der Waals surface area contributed by atoms with Gasteiger partial charge in [0, 0.05) is 13.0 Å². The molecule has 0 amide bonds. The van der Waals surface area contributed by atoms with Gasteiger partial charge in [0.1, 0.15) is 11.9 Å². The van der Waals surface area contributed by atoms with E-state index in [9.17, 15) is 5.11 Å². The van der Waals surface area contributed by atoms with Gasteiger partial charge in [-0.05, 0) is 24.1 Å². The molecule has 0 radical (unpaired) electrons. The van der Waals surface area contributed by atoms with Crippen molar-refractivity contribution < 1.29 is 9.84 Å². The number of aliphatic hydroxyl groups is 1. The largest absolute Gasteiger partial charge is 0.497 e. The van der Waals surface area contributed by atoms with Gasteiger partial charge in [-0.15, -0.1) is 0 Å². The minimum Gasteiger partial charge on any atom is -0.497 e. The highest BCUT2D eigenvalue weighted by molar-refractivity contribution is 6.31. The smallest absolute Gasteiger partial charge is 0.118 e. The van der Waals surface area contributed by atoms with E-state index in [4.69, 9.17) is 16.3 Å². The molecule has 0 aliphatic rings. The summed E-state index contributed by atoms with van der Waals surface area (Å²) >= 11 is 6.13. The average molecular weight is 295 g/mol. The van der Waals surface area contributed by atoms with Crippen LogP contribution in [0.3, 0.4) is 0 Å². The van der Waals surface area contributed by atoms with E-state index in [-0.39, 0.29) is 0 Å². The fourth-order valence-electron chi connectivity index (χ4n) is 2.17. The zero-order valence-electron chi connectivity index (χ0n) is 11.7. The van der Waals surface area contributed by atoms with Crippen LogP contribution in [0.5, 0.6) is 5.75 Å². The lowest BCUT2D eigenvalue weighted by Gasteiger charge is -2.14. The molecule has 0 aliphatic carbocycles. The van der Waals surface area contributed by atoms with Crippen molar-refractivity contribution in [2.24, 2.45) is 0 Å². The third-order valence-corrected chi connectivity index (χ3v) is 3.46. The number of aryl methyl sites for hydroxylation is 1. The molecule has 0 spiro atoms. The third kappa shape index (κ3) is 3.32. The molecule has 4 nitrogen and oxygen atoms in total. The van der Waals surface area contributed by atoms with Gasteiger partial charge in [-0.2, -0.15) is 5.10 Å². The number of nitrogens with zero attached hydrogens (tertiary/aromatic N) is 2. The standard InChI is InChI=1S/C15H19ClN2O2/c1-3-8-18-15(13(16)10-17-18)14(19)9-11-4-6-12(20-2)7-5-11/h4-7,10,14,19H,3,8-9H2,1-2H3. The number of methoxy groups -OCH3 is 1. The van der Waals surface area contributed by atoms with Gasteiger partial charge < -0.3 is 9.84 Å². The van der Waals surface area contributed by atoms with Crippen molar-refractivity contribution in [1.82, 2.24) is 9.78 Å². The molecule has 1 aromatic carbocycles. The molecular weight excluding hydrogens is 276 g/mol. The molecule has 2 rings (SSSR count). The molecule has 1 heterocycles. The fourth-order valence-corrected chi connectivity index (χ4v) is 2.44. The topological polar surface area (TPSA) is 47.3 Å². The number of hydrogen-bond donors (Lipinski definition) is 1. The van der Waals surface area contributed by atoms with Crippen LogP contribution in [0, 0.1) is 0 Å². The van der Waals surface area contributed by atoms with Crippen LogP contribution in [0.1, 0.15) is 30.7 Å². The van der Waals surface area contributed by atoms with Gasteiger partial charge in [0.25, 0.3) is 0 Å². The Morgan fingerprint density at radius 1 is 1.35 bits per heavy atom. The Morgan fingerprint density at radius 2 is 2.05 bits per heavy atom. The normalized spacial score (nSPS) is 12.4. The van der Waals surface area contributed by atoms with Gasteiger partial charge in [0.2, 0.25) is 0 Å². The van der Waals surface area contributed by atoms with E-state index < -0.39 is 6.10 Å². The summed E-state index contributed by atoms with van der Waals surface area (Å²) in [5.74, 6) is 0.803. The maximum Gasteiger partial charge on any atom is 0.118 e. The van der Waals surface area contributed by atoms with Crippen molar-refractivity contribution >= 4 is 11.6 Å². The van der Waals surface area contributed by atoms with E-state index in [1.165, 1.54) is 0 Å². The molecular formula is C15H19ClN2O2. The van der Waals surface area contributed by atoms with Gasteiger partial charge in [-0.3, -0.25) is 4.68 Å². The maximum atomic E-state index is 10.4. The van der Waals surface area contributed by atoms with Crippen molar-refractivity contribution in [3.8, 4) is 5.75 Å². The Balaban J connectivity index is 2.14. The number of rotatable bonds is 6. The molecule has 5 heteroatoms. The van der Waals surface area contributed by atoms with Crippen LogP contribution in [-0.4, -0.2) is 22.0 Å². The monoisotopic (exact) mass is 294 g/mol. The first-order valence-corrected chi connectivity index (χ1v) is 7.05. The molecule has 1 aromatic heterocycles. The first kappa shape index (κ1) is 14.9. The highest BCUT2D eigenvalue weighted by Crippen LogP contribution is 2.26. The molecule has 0 saturated heterocycles. The van der Waals surface area contributed by atoms with E-state index in [1.54, 1.807) is 18.0 Å². The number of benzene rings is 1. The molecule has 108 valence electrons. The minimum atomic E-state index is -0.662. The quantitative estimate of drug-likeness (QED) is 0.890. The molecule has 2 aromatic rings. The predicted molar refractivity (Wildman–Crippen MR) is 79.2 cm³/mol. The zero-order valence-corrected chi connectivity index (χ0v) is 12.5. The van der Waals surface area contributed by atoms with E-state index in [0.717, 1.165) is 24.3 Å². The minimum absolute atomic E-state index is 0.499. The van der Waals surface area contributed by atoms with Crippen LogP contribution < -0.4 is 4.74 Å². The van der Waals surface area contributed by atoms with Crippen molar-refractivity contribution in [1.29, 1.82) is 0 Å². The van der Waals surface area contributed by atoms with Gasteiger partial charge in [0.15, 0.2) is 0 Å². The summed E-state index contributed by atoms with van der Waals surface area (Å²) in [5, 5.41) is 15.1. The van der Waals surface area contributed by atoms with Crippen molar-refractivity contribution in [2.75, 3.05) is 7.11 Å². The highest BCUT2D eigenvalue weighted by Gasteiger charge is 2.18. The summed E-state index contributed by atoms with van der Waals surface area (Å²) in [7, 11) is 1.63. The lowest BCUT2D eigenvalue weighted by atomic mass is 10.1. The lowest BCUT2D eigenvalue weighted by Crippen LogP contribution is -2.11. The fraction of sp³-hybridized carbons (Fsp3) is 0.400. The summed E-state index contributed by atoms with van der Waals surface area (Å²) in [5.41, 5.74) is 1.71. The lowest BCUT2D eigenvalue weighted by molar-refractivity contribution is 0.166. The maximum absolute atomic E-state index is 10.4. The number of ether oxygens (including phenoxy) is 1. The van der Waals surface area contributed by atoms with Gasteiger partial charge in [-0.1, -0.05) is 30.7 Å². The summed E-state index contributed by atoms with van der Waals surface area (Å²) in [6.45, 7) is 2.82. The molecule has 0 fully saturated rings. The molecule has 0 bridgehead atoms. The summed E-state index contributed by atoms with van der Waals surface area (Å²) in [6, 6.07) is 7.65. The summed E-state index contributed by atoms with van der Waals surface area (Å²) in [6.07, 6.45) is 2.37. The molecule has 1 N–H and O–H groups in total. The second-order valence-corrected chi connectivity index (χ2v) is 5.08. The first-order chi connectivity index (χ1) is 9.65. The molecule has 1 unspecified atom stereocenters. The van der Waals surface area contributed by atoms with Crippen LogP contribution in [-0.2, 0) is 13.0 Å². The Morgan fingerprint density at radius 3 is 2.65 bits per heavy atom. The number of halogens is 1.